The van der Waals surface area contributed by atoms with Gasteiger partial charge in [0.15, 0.2) is 0 Å². The fourth-order valence-corrected chi connectivity index (χ4v) is 4.94. The van der Waals surface area contributed by atoms with Crippen LogP contribution in [0.5, 0.6) is 5.75 Å². The second-order valence-corrected chi connectivity index (χ2v) is 8.45. The number of thiazole rings is 1. The van der Waals surface area contributed by atoms with E-state index in [1.165, 1.54) is 0 Å². The highest BCUT2D eigenvalue weighted by Gasteiger charge is 2.16. The van der Waals surface area contributed by atoms with Crippen molar-refractivity contribution in [2.75, 3.05) is 7.11 Å². The Morgan fingerprint density at radius 3 is 2.78 bits per heavy atom. The Morgan fingerprint density at radius 2 is 1.96 bits per heavy atom. The average Bonchev–Trinajstić information content (AvgIpc) is 3.08. The molecule has 0 radical (unpaired) electrons. The molecule has 4 nitrogen and oxygen atoms in total. The molecular formula is C20H16ClN3OS2. The predicted molar refractivity (Wildman–Crippen MR) is 113 cm³/mol. The Labute approximate surface area is 170 Å². The number of nitrogens with zero attached hydrogens (tertiary/aromatic N) is 3. The number of halogens is 1. The van der Waals surface area contributed by atoms with Crippen LogP contribution in [0.2, 0.25) is 5.02 Å². The fraction of sp³-hybridized carbons (Fsp3) is 0.150. The third kappa shape index (κ3) is 3.78. The molecule has 0 fully saturated rings. The number of thioether (sulfide) groups is 1. The molecule has 0 aliphatic heterocycles. The maximum Gasteiger partial charge on any atom is 0.146 e. The molecule has 0 amide bonds. The molecule has 0 saturated heterocycles. The summed E-state index contributed by atoms with van der Waals surface area (Å²) in [5.41, 5.74) is 3.76. The van der Waals surface area contributed by atoms with Crippen molar-refractivity contribution in [1.82, 2.24) is 15.2 Å². The highest BCUT2D eigenvalue weighted by Crippen LogP contribution is 2.37. The largest absolute Gasteiger partial charge is 0.497 e. The maximum atomic E-state index is 6.27. The van der Waals surface area contributed by atoms with Crippen LogP contribution in [0.3, 0.4) is 0 Å². The van der Waals surface area contributed by atoms with E-state index in [2.05, 4.69) is 10.2 Å². The second-order valence-electron chi connectivity index (χ2n) is 5.88. The van der Waals surface area contributed by atoms with Crippen LogP contribution >= 0.6 is 34.7 Å². The molecule has 136 valence electrons. The summed E-state index contributed by atoms with van der Waals surface area (Å²) in [5.74, 6) is 1.51. The van der Waals surface area contributed by atoms with E-state index in [4.69, 9.17) is 21.3 Å². The highest BCUT2D eigenvalue weighted by atomic mass is 35.5. The van der Waals surface area contributed by atoms with Gasteiger partial charge in [-0.15, -0.1) is 21.5 Å². The summed E-state index contributed by atoms with van der Waals surface area (Å²) in [6, 6.07) is 15.7. The summed E-state index contributed by atoms with van der Waals surface area (Å²) in [7, 11) is 1.66. The molecule has 7 heteroatoms. The second kappa shape index (κ2) is 7.84. The van der Waals surface area contributed by atoms with Crippen LogP contribution in [0.4, 0.5) is 0 Å². The summed E-state index contributed by atoms with van der Waals surface area (Å²) in [6.07, 6.45) is 0. The maximum absolute atomic E-state index is 6.27. The monoisotopic (exact) mass is 413 g/mol. The van der Waals surface area contributed by atoms with E-state index in [-0.39, 0.29) is 0 Å². The molecule has 0 aliphatic carbocycles. The van der Waals surface area contributed by atoms with Crippen molar-refractivity contribution in [3.63, 3.8) is 0 Å². The first-order valence-electron chi connectivity index (χ1n) is 8.30. The van der Waals surface area contributed by atoms with Crippen LogP contribution in [-0.4, -0.2) is 22.3 Å². The molecule has 0 saturated carbocycles. The van der Waals surface area contributed by atoms with Gasteiger partial charge in [0.05, 0.1) is 16.8 Å². The first-order valence-corrected chi connectivity index (χ1v) is 10.5. The molecule has 0 bridgehead atoms. The van der Waals surface area contributed by atoms with Crippen molar-refractivity contribution >= 4 is 44.9 Å². The summed E-state index contributed by atoms with van der Waals surface area (Å²) in [6.45, 7) is 2.00. The van der Waals surface area contributed by atoms with Gasteiger partial charge in [-0.3, -0.25) is 0 Å². The Hall–Kier alpha value is -2.15. The summed E-state index contributed by atoms with van der Waals surface area (Å²) in [4.78, 5) is 4.71. The number of fused-ring (bicyclic) bond motifs is 1. The first kappa shape index (κ1) is 18.2. The lowest BCUT2D eigenvalue weighted by Crippen LogP contribution is -1.93. The van der Waals surface area contributed by atoms with Crippen LogP contribution in [0.15, 0.2) is 53.6 Å². The van der Waals surface area contributed by atoms with Gasteiger partial charge in [0.2, 0.25) is 0 Å². The molecule has 2 aromatic heterocycles. The van der Waals surface area contributed by atoms with Gasteiger partial charge in [0.1, 0.15) is 22.0 Å². The minimum Gasteiger partial charge on any atom is -0.497 e. The first-order chi connectivity index (χ1) is 13.2. The van der Waals surface area contributed by atoms with Gasteiger partial charge in [-0.25, -0.2) is 4.98 Å². The zero-order chi connectivity index (χ0) is 18.8. The number of rotatable bonds is 5. The van der Waals surface area contributed by atoms with Crippen molar-refractivity contribution in [1.29, 1.82) is 0 Å². The number of aromatic nitrogens is 3. The van der Waals surface area contributed by atoms with Crippen molar-refractivity contribution in [2.45, 2.75) is 17.7 Å². The van der Waals surface area contributed by atoms with E-state index < -0.39 is 0 Å². The number of ether oxygens (including phenoxy) is 1. The molecule has 2 heterocycles. The molecule has 4 rings (SSSR count). The van der Waals surface area contributed by atoms with Crippen LogP contribution < -0.4 is 4.74 Å². The lowest BCUT2D eigenvalue weighted by molar-refractivity contribution is 0.415. The Kier molecular flexibility index (Phi) is 5.29. The van der Waals surface area contributed by atoms with Crippen LogP contribution in [0.25, 0.3) is 21.5 Å². The molecule has 2 aromatic carbocycles. The Balaban J connectivity index is 1.73. The molecule has 0 aliphatic rings. The van der Waals surface area contributed by atoms with Gasteiger partial charge < -0.3 is 4.74 Å². The molecule has 0 atom stereocenters. The Morgan fingerprint density at radius 1 is 1.11 bits per heavy atom. The van der Waals surface area contributed by atoms with E-state index in [9.17, 15) is 0 Å². The van der Waals surface area contributed by atoms with Crippen LogP contribution in [0, 0.1) is 6.92 Å². The predicted octanol–water partition coefficient (Wildman–Crippen LogP) is 6.02. The standard InChI is InChI=1S/C20H16ClN3OS2/c1-12-22-18-19(27-12)17(13-7-5-8-15(10-13)25-2)23-24-20(18)26-11-14-6-3-4-9-16(14)21/h3-10H,11H2,1-2H3. The highest BCUT2D eigenvalue weighted by molar-refractivity contribution is 7.98. The lowest BCUT2D eigenvalue weighted by Gasteiger charge is -2.07. The van der Waals surface area contributed by atoms with Crippen LogP contribution in [-0.2, 0) is 5.75 Å². The third-order valence-electron chi connectivity index (χ3n) is 4.06. The third-order valence-corrected chi connectivity index (χ3v) is 6.41. The average molecular weight is 414 g/mol. The van der Waals surface area contributed by atoms with E-state index in [0.717, 1.165) is 53.6 Å². The fourth-order valence-electron chi connectivity index (χ4n) is 2.74. The van der Waals surface area contributed by atoms with E-state index in [1.807, 2.05) is 55.5 Å². The molecule has 27 heavy (non-hydrogen) atoms. The molecule has 0 N–H and O–H groups in total. The summed E-state index contributed by atoms with van der Waals surface area (Å²) < 4.78 is 6.38. The topological polar surface area (TPSA) is 47.9 Å². The zero-order valence-electron chi connectivity index (χ0n) is 14.8. The summed E-state index contributed by atoms with van der Waals surface area (Å²) >= 11 is 9.51. The van der Waals surface area contributed by atoms with Crippen molar-refractivity contribution in [3.05, 3.63) is 64.1 Å². The van der Waals surface area contributed by atoms with Gasteiger partial charge in [-0.1, -0.05) is 53.7 Å². The van der Waals surface area contributed by atoms with Gasteiger partial charge in [-0.2, -0.15) is 0 Å². The van der Waals surface area contributed by atoms with Gasteiger partial charge in [0, 0.05) is 16.3 Å². The van der Waals surface area contributed by atoms with Crippen molar-refractivity contribution in [2.24, 2.45) is 0 Å². The number of aryl methyl sites for hydroxylation is 1. The van der Waals surface area contributed by atoms with E-state index >= 15 is 0 Å². The number of methoxy groups -OCH3 is 1. The van der Waals surface area contributed by atoms with Crippen molar-refractivity contribution in [3.8, 4) is 17.0 Å². The van der Waals surface area contributed by atoms with Crippen LogP contribution in [0.1, 0.15) is 10.6 Å². The SMILES string of the molecule is COc1cccc(-c2nnc(SCc3ccccc3Cl)c3nc(C)sc23)c1. The summed E-state index contributed by atoms with van der Waals surface area (Å²) in [5, 5.41) is 11.6. The molecule has 0 spiro atoms. The van der Waals surface area contributed by atoms with Crippen molar-refractivity contribution < 1.29 is 4.74 Å². The molecule has 0 unspecified atom stereocenters. The number of hydrogen-bond acceptors (Lipinski definition) is 6. The van der Waals surface area contributed by atoms with Gasteiger partial charge in [-0.05, 0) is 30.7 Å². The normalized spacial score (nSPS) is 11.1. The molecular weight excluding hydrogens is 398 g/mol. The smallest absolute Gasteiger partial charge is 0.146 e. The van der Waals surface area contributed by atoms with Gasteiger partial charge in [0.25, 0.3) is 0 Å². The van der Waals surface area contributed by atoms with E-state index in [0.29, 0.717) is 0 Å². The number of benzene rings is 2. The zero-order valence-corrected chi connectivity index (χ0v) is 17.2. The number of hydrogen-bond donors (Lipinski definition) is 0. The minimum absolute atomic E-state index is 0.721. The quantitative estimate of drug-likeness (QED) is 0.374. The Bertz CT molecular complexity index is 1110. The molecule has 4 aromatic rings. The van der Waals surface area contributed by atoms with E-state index in [1.54, 1.807) is 30.2 Å². The lowest BCUT2D eigenvalue weighted by atomic mass is 10.1. The van der Waals surface area contributed by atoms with Gasteiger partial charge >= 0.3 is 0 Å². The minimum atomic E-state index is 0.721.